The van der Waals surface area contributed by atoms with Gasteiger partial charge < -0.3 is 10.2 Å². The number of aryl methyl sites for hydroxylation is 1. The Hall–Kier alpha value is -2.48. The molecule has 1 amide bonds. The lowest BCUT2D eigenvalue weighted by molar-refractivity contribution is -0.117. The van der Waals surface area contributed by atoms with E-state index in [9.17, 15) is 17.6 Å². The van der Waals surface area contributed by atoms with Crippen LogP contribution in [0.3, 0.4) is 0 Å². The number of carbonyl (C=O) groups excluding carboxylic acids is 1. The van der Waals surface area contributed by atoms with Gasteiger partial charge in [-0.2, -0.15) is 0 Å². The summed E-state index contributed by atoms with van der Waals surface area (Å²) in [5.41, 5.74) is 1.32. The van der Waals surface area contributed by atoms with Gasteiger partial charge in [-0.3, -0.25) is 4.79 Å². The van der Waals surface area contributed by atoms with Crippen molar-refractivity contribution in [3.63, 3.8) is 0 Å². The Balaban J connectivity index is 1.76. The van der Waals surface area contributed by atoms with Gasteiger partial charge in [0.05, 0.1) is 11.3 Å². The van der Waals surface area contributed by atoms with Gasteiger partial charge >= 0.3 is 0 Å². The van der Waals surface area contributed by atoms with Gasteiger partial charge in [0.15, 0.2) is 5.84 Å². The third-order valence-electron chi connectivity index (χ3n) is 3.79. The van der Waals surface area contributed by atoms with Crippen LogP contribution in [0, 0.1) is 12.7 Å². The maximum Gasteiger partial charge on any atom is 0.256 e. The van der Waals surface area contributed by atoms with Crippen molar-refractivity contribution in [2.45, 2.75) is 13.5 Å². The number of rotatable bonds is 3. The second-order valence-electron chi connectivity index (χ2n) is 5.58. The Morgan fingerprint density at radius 3 is 2.96 bits per heavy atom. The van der Waals surface area contributed by atoms with E-state index in [1.54, 1.807) is 36.2 Å². The summed E-state index contributed by atoms with van der Waals surface area (Å²) in [5, 5.41) is 2.67. The molecule has 0 radical (unpaired) electrons. The molecule has 0 bridgehead atoms. The molecule has 8 heteroatoms. The Morgan fingerprint density at radius 2 is 2.21 bits per heavy atom. The van der Waals surface area contributed by atoms with E-state index >= 15 is 0 Å². The first-order chi connectivity index (χ1) is 11.4. The average molecular weight is 349 g/mol. The zero-order valence-electron chi connectivity index (χ0n) is 13.0. The molecule has 1 N–H and O–H groups in total. The van der Waals surface area contributed by atoms with Crippen molar-refractivity contribution < 1.29 is 17.6 Å². The van der Waals surface area contributed by atoms with E-state index in [0.717, 1.165) is 0 Å². The third-order valence-corrected chi connectivity index (χ3v) is 4.94. The molecule has 1 aromatic rings. The number of fused-ring (bicyclic) bond motifs is 1. The van der Waals surface area contributed by atoms with Crippen LogP contribution in [0.15, 0.2) is 46.5 Å². The van der Waals surface area contributed by atoms with Crippen LogP contribution in [0.1, 0.15) is 11.1 Å². The van der Waals surface area contributed by atoms with E-state index < -0.39 is 15.9 Å². The predicted octanol–water partition coefficient (Wildman–Crippen LogP) is 1.25. The number of amides is 1. The van der Waals surface area contributed by atoms with E-state index in [0.29, 0.717) is 11.1 Å². The number of amidine groups is 1. The largest absolute Gasteiger partial charge is 0.348 e. The fourth-order valence-electron chi connectivity index (χ4n) is 2.42. The van der Waals surface area contributed by atoms with Crippen LogP contribution in [0.25, 0.3) is 0 Å². The molecule has 0 fully saturated rings. The first-order valence-corrected chi connectivity index (χ1v) is 8.98. The smallest absolute Gasteiger partial charge is 0.256 e. The highest BCUT2D eigenvalue weighted by Gasteiger charge is 2.29. The summed E-state index contributed by atoms with van der Waals surface area (Å²) >= 11 is 0. The van der Waals surface area contributed by atoms with Gasteiger partial charge in [-0.05, 0) is 36.3 Å². The summed E-state index contributed by atoms with van der Waals surface area (Å²) in [6.07, 6.45) is 4.86. The third kappa shape index (κ3) is 3.38. The quantitative estimate of drug-likeness (QED) is 0.891. The zero-order valence-corrected chi connectivity index (χ0v) is 13.8. The lowest BCUT2D eigenvalue weighted by atomic mass is 10.1. The van der Waals surface area contributed by atoms with Crippen LogP contribution < -0.4 is 5.32 Å². The second-order valence-corrected chi connectivity index (χ2v) is 7.34. The van der Waals surface area contributed by atoms with Crippen molar-refractivity contribution in [1.29, 1.82) is 0 Å². The van der Waals surface area contributed by atoms with Crippen molar-refractivity contribution in [3.05, 3.63) is 59.1 Å². The number of halogens is 1. The molecule has 0 aromatic heterocycles. The van der Waals surface area contributed by atoms with E-state index in [4.69, 9.17) is 0 Å². The maximum absolute atomic E-state index is 13.5. The summed E-state index contributed by atoms with van der Waals surface area (Å²) in [6.45, 7) is 2.05. The van der Waals surface area contributed by atoms with Crippen molar-refractivity contribution in [3.8, 4) is 0 Å². The highest BCUT2D eigenvalue weighted by molar-refractivity contribution is 7.90. The van der Waals surface area contributed by atoms with Crippen LogP contribution in [0.2, 0.25) is 0 Å². The van der Waals surface area contributed by atoms with Gasteiger partial charge in [0.2, 0.25) is 0 Å². The fraction of sp³-hybridized carbons (Fsp3) is 0.250. The Labute approximate surface area is 139 Å². The number of sulfonamides is 1. The molecule has 3 rings (SSSR count). The van der Waals surface area contributed by atoms with Gasteiger partial charge in [0.1, 0.15) is 5.82 Å². The van der Waals surface area contributed by atoms with Crippen molar-refractivity contribution >= 4 is 21.8 Å². The lowest BCUT2D eigenvalue weighted by Crippen LogP contribution is -2.42. The maximum atomic E-state index is 13.5. The molecule has 24 heavy (non-hydrogen) atoms. The molecule has 0 atom stereocenters. The second kappa shape index (κ2) is 6.20. The van der Waals surface area contributed by atoms with Crippen LogP contribution in [0.5, 0.6) is 0 Å². The number of carbonyl (C=O) groups is 1. The summed E-state index contributed by atoms with van der Waals surface area (Å²) in [7, 11) is -3.56. The number of nitrogens with zero attached hydrogens (tertiary/aromatic N) is 2. The molecule has 0 unspecified atom stereocenters. The SMILES string of the molecule is Cc1ccc(CNC(=O)C2=CC=CN3CCS(=O)(=O)N=C23)cc1F. The number of allylic oxidation sites excluding steroid dienone is 2. The van der Waals surface area contributed by atoms with Crippen LogP contribution in [-0.4, -0.2) is 37.4 Å². The van der Waals surface area contributed by atoms with Crippen LogP contribution in [0.4, 0.5) is 4.39 Å². The van der Waals surface area contributed by atoms with Crippen molar-refractivity contribution in [2.24, 2.45) is 4.40 Å². The van der Waals surface area contributed by atoms with Crippen LogP contribution in [-0.2, 0) is 21.4 Å². The summed E-state index contributed by atoms with van der Waals surface area (Å²) in [6, 6.07) is 4.72. The van der Waals surface area contributed by atoms with Crippen molar-refractivity contribution in [1.82, 2.24) is 10.2 Å². The minimum absolute atomic E-state index is 0.0849. The molecule has 126 valence electrons. The number of hydrogen-bond acceptors (Lipinski definition) is 4. The molecule has 1 aromatic carbocycles. The minimum Gasteiger partial charge on any atom is -0.348 e. The highest BCUT2D eigenvalue weighted by Crippen LogP contribution is 2.18. The summed E-state index contributed by atoms with van der Waals surface area (Å²) < 4.78 is 40.6. The Bertz CT molecular complexity index is 888. The molecule has 0 aliphatic carbocycles. The summed E-state index contributed by atoms with van der Waals surface area (Å²) in [4.78, 5) is 14.0. The summed E-state index contributed by atoms with van der Waals surface area (Å²) in [5.74, 6) is -0.758. The Kier molecular flexibility index (Phi) is 4.23. The van der Waals surface area contributed by atoms with E-state index in [2.05, 4.69) is 9.71 Å². The van der Waals surface area contributed by atoms with E-state index in [1.807, 2.05) is 0 Å². The molecule has 0 spiro atoms. The normalized spacial score (nSPS) is 18.5. The molecule has 0 saturated heterocycles. The molecule has 2 aliphatic rings. The average Bonchev–Trinajstić information content (AvgIpc) is 2.54. The number of benzene rings is 1. The number of hydrogen-bond donors (Lipinski definition) is 1. The predicted molar refractivity (Wildman–Crippen MR) is 88.1 cm³/mol. The highest BCUT2D eigenvalue weighted by atomic mass is 32.2. The molecular weight excluding hydrogens is 333 g/mol. The van der Waals surface area contributed by atoms with Gasteiger partial charge in [-0.25, -0.2) is 12.8 Å². The van der Waals surface area contributed by atoms with Gasteiger partial charge in [-0.15, -0.1) is 4.40 Å². The zero-order chi connectivity index (χ0) is 17.3. The topological polar surface area (TPSA) is 78.8 Å². The van der Waals surface area contributed by atoms with Gasteiger partial charge in [0, 0.05) is 19.3 Å². The number of nitrogens with one attached hydrogen (secondary N) is 1. The molecule has 2 heterocycles. The first-order valence-electron chi connectivity index (χ1n) is 7.37. The molecular formula is C16H16FN3O3S. The molecule has 6 nitrogen and oxygen atoms in total. The molecule has 2 aliphatic heterocycles. The van der Waals surface area contributed by atoms with E-state index in [-0.39, 0.29) is 36.1 Å². The monoisotopic (exact) mass is 349 g/mol. The lowest BCUT2D eigenvalue weighted by Gasteiger charge is -2.28. The Morgan fingerprint density at radius 1 is 1.42 bits per heavy atom. The molecule has 0 saturated carbocycles. The van der Waals surface area contributed by atoms with Gasteiger partial charge in [0.25, 0.3) is 15.9 Å². The standard InChI is InChI=1S/C16H16FN3O3S/c1-11-4-5-12(9-14(11)17)10-18-16(21)13-3-2-6-20-7-8-24(22,23)19-15(13)20/h2-6,9H,7-8,10H2,1H3,(H,18,21). The van der Waals surface area contributed by atoms with Crippen LogP contribution >= 0.6 is 0 Å². The first kappa shape index (κ1) is 16.4. The van der Waals surface area contributed by atoms with Gasteiger partial charge in [-0.1, -0.05) is 12.1 Å². The fourth-order valence-corrected chi connectivity index (χ4v) is 3.40. The minimum atomic E-state index is -3.56. The van der Waals surface area contributed by atoms with Crippen molar-refractivity contribution in [2.75, 3.05) is 12.3 Å². The van der Waals surface area contributed by atoms with E-state index in [1.165, 1.54) is 12.1 Å².